The van der Waals surface area contributed by atoms with Crippen molar-refractivity contribution in [1.82, 2.24) is 5.32 Å². The van der Waals surface area contributed by atoms with Gasteiger partial charge in [-0.05, 0) is 54.4 Å². The molecule has 0 aliphatic carbocycles. The first-order valence-electron chi connectivity index (χ1n) is 8.61. The standard InChI is InChI=1S/C22H21ClFNO.ClH/c23-20-9-5-17(6-10-20)13-14-25-15-19-3-1-2-4-22(19)26-16-18-7-11-21(24)12-8-18;/h1-12,25H,13-16H2;1H. The summed E-state index contributed by atoms with van der Waals surface area (Å²) in [5.41, 5.74) is 3.30. The molecule has 0 saturated carbocycles. The van der Waals surface area contributed by atoms with Crippen molar-refractivity contribution >= 4 is 24.0 Å². The van der Waals surface area contributed by atoms with E-state index in [1.807, 2.05) is 42.5 Å². The third-order valence-corrected chi connectivity index (χ3v) is 4.35. The van der Waals surface area contributed by atoms with Gasteiger partial charge in [-0.15, -0.1) is 12.4 Å². The Morgan fingerprint density at radius 2 is 1.52 bits per heavy atom. The van der Waals surface area contributed by atoms with Crippen LogP contribution in [0.25, 0.3) is 0 Å². The molecule has 0 aromatic heterocycles. The van der Waals surface area contributed by atoms with Crippen LogP contribution in [0.2, 0.25) is 5.02 Å². The Kier molecular flexibility index (Phi) is 8.59. The Bertz CT molecular complexity index is 822. The first-order valence-corrected chi connectivity index (χ1v) is 8.99. The summed E-state index contributed by atoms with van der Waals surface area (Å²) in [5, 5.41) is 4.21. The largest absolute Gasteiger partial charge is 0.489 e. The second-order valence-electron chi connectivity index (χ2n) is 6.08. The third-order valence-electron chi connectivity index (χ3n) is 4.10. The van der Waals surface area contributed by atoms with Crippen LogP contribution < -0.4 is 10.1 Å². The second-order valence-corrected chi connectivity index (χ2v) is 6.51. The van der Waals surface area contributed by atoms with Crippen molar-refractivity contribution in [3.8, 4) is 5.75 Å². The fourth-order valence-corrected chi connectivity index (χ4v) is 2.77. The number of nitrogens with one attached hydrogen (secondary N) is 1. The minimum Gasteiger partial charge on any atom is -0.489 e. The zero-order valence-electron chi connectivity index (χ0n) is 14.8. The monoisotopic (exact) mass is 405 g/mol. The Hall–Kier alpha value is -2.07. The fraction of sp³-hybridized carbons (Fsp3) is 0.182. The SMILES string of the molecule is Cl.Fc1ccc(COc2ccccc2CNCCc2ccc(Cl)cc2)cc1. The maximum atomic E-state index is 13.0. The summed E-state index contributed by atoms with van der Waals surface area (Å²) in [6, 6.07) is 22.3. The van der Waals surface area contributed by atoms with Crippen LogP contribution >= 0.6 is 24.0 Å². The van der Waals surface area contributed by atoms with Crippen LogP contribution in [0, 0.1) is 5.82 Å². The minimum absolute atomic E-state index is 0. The summed E-state index contributed by atoms with van der Waals surface area (Å²) < 4.78 is 18.9. The van der Waals surface area contributed by atoms with Crippen LogP contribution in [-0.4, -0.2) is 6.54 Å². The van der Waals surface area contributed by atoms with Crippen LogP contribution in [0.1, 0.15) is 16.7 Å². The molecule has 0 atom stereocenters. The van der Waals surface area contributed by atoms with E-state index < -0.39 is 0 Å². The molecule has 0 spiro atoms. The highest BCUT2D eigenvalue weighted by molar-refractivity contribution is 6.30. The van der Waals surface area contributed by atoms with Crippen LogP contribution in [0.4, 0.5) is 4.39 Å². The van der Waals surface area contributed by atoms with E-state index in [0.717, 1.165) is 41.4 Å². The topological polar surface area (TPSA) is 21.3 Å². The maximum Gasteiger partial charge on any atom is 0.124 e. The smallest absolute Gasteiger partial charge is 0.124 e. The molecule has 2 nitrogen and oxygen atoms in total. The van der Waals surface area contributed by atoms with Crippen molar-refractivity contribution in [2.45, 2.75) is 19.6 Å². The van der Waals surface area contributed by atoms with Crippen molar-refractivity contribution in [2.75, 3.05) is 6.54 Å². The maximum absolute atomic E-state index is 13.0. The number of halogens is 3. The second kappa shape index (κ2) is 10.9. The van der Waals surface area contributed by atoms with Crippen molar-refractivity contribution < 1.29 is 9.13 Å². The zero-order chi connectivity index (χ0) is 18.2. The van der Waals surface area contributed by atoms with Gasteiger partial charge in [0.25, 0.3) is 0 Å². The third kappa shape index (κ3) is 6.87. The average molecular weight is 406 g/mol. The quantitative estimate of drug-likeness (QED) is 0.477. The van der Waals surface area contributed by atoms with Crippen molar-refractivity contribution in [3.05, 3.63) is 100 Å². The van der Waals surface area contributed by atoms with Crippen LogP contribution in [0.15, 0.2) is 72.8 Å². The Morgan fingerprint density at radius 3 is 2.26 bits per heavy atom. The Morgan fingerprint density at radius 1 is 0.852 bits per heavy atom. The van der Waals surface area contributed by atoms with E-state index in [1.54, 1.807) is 12.1 Å². The number of ether oxygens (including phenoxy) is 1. The molecule has 0 amide bonds. The van der Waals surface area contributed by atoms with Crippen LogP contribution in [0.3, 0.4) is 0 Å². The summed E-state index contributed by atoms with van der Waals surface area (Å²) in [7, 11) is 0. The van der Waals surface area contributed by atoms with Crippen molar-refractivity contribution in [1.29, 1.82) is 0 Å². The first kappa shape index (κ1) is 21.2. The molecule has 0 aliphatic heterocycles. The fourth-order valence-electron chi connectivity index (χ4n) is 2.64. The number of para-hydroxylation sites is 1. The molecule has 0 fully saturated rings. The molecule has 142 valence electrons. The zero-order valence-corrected chi connectivity index (χ0v) is 16.4. The lowest BCUT2D eigenvalue weighted by Gasteiger charge is -2.12. The average Bonchev–Trinajstić information content (AvgIpc) is 2.67. The minimum atomic E-state index is -0.237. The number of hydrogen-bond donors (Lipinski definition) is 1. The van der Waals surface area contributed by atoms with Crippen molar-refractivity contribution in [2.24, 2.45) is 0 Å². The van der Waals surface area contributed by atoms with Gasteiger partial charge in [0, 0.05) is 17.1 Å². The highest BCUT2D eigenvalue weighted by Crippen LogP contribution is 2.19. The molecule has 1 N–H and O–H groups in total. The van der Waals surface area contributed by atoms with Crippen molar-refractivity contribution in [3.63, 3.8) is 0 Å². The molecule has 0 bridgehead atoms. The van der Waals surface area contributed by atoms with E-state index >= 15 is 0 Å². The molecule has 3 rings (SSSR count). The van der Waals surface area contributed by atoms with Gasteiger partial charge >= 0.3 is 0 Å². The Balaban J connectivity index is 0.00000261. The van der Waals surface area contributed by atoms with E-state index in [9.17, 15) is 4.39 Å². The summed E-state index contributed by atoms with van der Waals surface area (Å²) >= 11 is 5.90. The molecule has 27 heavy (non-hydrogen) atoms. The van der Waals surface area contributed by atoms with Gasteiger partial charge in [0.2, 0.25) is 0 Å². The molecule has 5 heteroatoms. The molecule has 0 radical (unpaired) electrons. The summed E-state index contributed by atoms with van der Waals surface area (Å²) in [5.74, 6) is 0.606. The lowest BCUT2D eigenvalue weighted by molar-refractivity contribution is 0.302. The van der Waals surface area contributed by atoms with Crippen LogP contribution in [0.5, 0.6) is 5.75 Å². The van der Waals surface area contributed by atoms with E-state index in [-0.39, 0.29) is 18.2 Å². The van der Waals surface area contributed by atoms with Gasteiger partial charge in [-0.2, -0.15) is 0 Å². The van der Waals surface area contributed by atoms with E-state index in [0.29, 0.717) is 6.61 Å². The van der Waals surface area contributed by atoms with E-state index in [1.165, 1.54) is 17.7 Å². The van der Waals surface area contributed by atoms with Gasteiger partial charge in [-0.1, -0.05) is 54.1 Å². The first-order chi connectivity index (χ1) is 12.7. The molecule has 3 aromatic rings. The lowest BCUT2D eigenvalue weighted by Crippen LogP contribution is -2.17. The van der Waals surface area contributed by atoms with Gasteiger partial charge in [-0.25, -0.2) is 4.39 Å². The van der Waals surface area contributed by atoms with E-state index in [2.05, 4.69) is 11.4 Å². The summed E-state index contributed by atoms with van der Waals surface area (Å²) in [6.07, 6.45) is 0.940. The summed E-state index contributed by atoms with van der Waals surface area (Å²) in [4.78, 5) is 0. The van der Waals surface area contributed by atoms with E-state index in [4.69, 9.17) is 16.3 Å². The number of rotatable bonds is 8. The molecule has 3 aromatic carbocycles. The predicted molar refractivity (Wildman–Crippen MR) is 111 cm³/mol. The van der Waals surface area contributed by atoms with Gasteiger partial charge in [0.05, 0.1) is 0 Å². The lowest BCUT2D eigenvalue weighted by atomic mass is 10.1. The summed E-state index contributed by atoms with van der Waals surface area (Å²) in [6.45, 7) is 2.02. The highest BCUT2D eigenvalue weighted by Gasteiger charge is 2.04. The number of hydrogen-bond acceptors (Lipinski definition) is 2. The molecular weight excluding hydrogens is 384 g/mol. The predicted octanol–water partition coefficient (Wildman–Crippen LogP) is 5.81. The van der Waals surface area contributed by atoms with Gasteiger partial charge in [0.15, 0.2) is 0 Å². The molecule has 0 heterocycles. The van der Waals surface area contributed by atoms with Gasteiger partial charge in [-0.3, -0.25) is 0 Å². The molecule has 0 aliphatic rings. The molecular formula is C22H22Cl2FNO. The van der Waals surface area contributed by atoms with Crippen LogP contribution in [-0.2, 0) is 19.6 Å². The number of benzene rings is 3. The highest BCUT2D eigenvalue weighted by atomic mass is 35.5. The molecule has 0 saturated heterocycles. The molecule has 0 unspecified atom stereocenters. The normalized spacial score (nSPS) is 10.3. The Labute approximate surface area is 170 Å². The van der Waals surface area contributed by atoms with Gasteiger partial charge in [0.1, 0.15) is 18.2 Å². The van der Waals surface area contributed by atoms with Gasteiger partial charge < -0.3 is 10.1 Å².